The van der Waals surface area contributed by atoms with Crippen LogP contribution in [0.5, 0.6) is 0 Å². The lowest BCUT2D eigenvalue weighted by Gasteiger charge is -2.08. The van der Waals surface area contributed by atoms with E-state index in [1.54, 1.807) is 0 Å². The standard InChI is InChI=1S/C14H22N4O2S2/c1-17(2)9-11-3-4-12(22-11)10-21-8-7-16-14-13(18(19)20)5-6-15-14/h3-4,13H,5-10H2,1-2H3,(H,15,16). The van der Waals surface area contributed by atoms with Crippen LogP contribution in [0.15, 0.2) is 17.1 Å². The summed E-state index contributed by atoms with van der Waals surface area (Å²) in [6, 6.07) is 3.75. The second kappa shape index (κ2) is 8.50. The zero-order chi connectivity index (χ0) is 15.9. The monoisotopic (exact) mass is 342 g/mol. The highest BCUT2D eigenvalue weighted by molar-refractivity contribution is 7.98. The van der Waals surface area contributed by atoms with Crippen LogP contribution >= 0.6 is 23.1 Å². The fourth-order valence-corrected chi connectivity index (χ4v) is 4.35. The minimum Gasteiger partial charge on any atom is -0.367 e. The molecule has 0 saturated heterocycles. The van der Waals surface area contributed by atoms with Gasteiger partial charge in [-0.3, -0.25) is 15.1 Å². The molecule has 0 saturated carbocycles. The molecule has 0 radical (unpaired) electrons. The Morgan fingerprint density at radius 3 is 3.00 bits per heavy atom. The number of rotatable bonds is 8. The molecular weight excluding hydrogens is 320 g/mol. The summed E-state index contributed by atoms with van der Waals surface area (Å²) in [5, 5.41) is 14.0. The predicted molar refractivity (Wildman–Crippen MR) is 93.6 cm³/mol. The Kier molecular flexibility index (Phi) is 6.66. The molecule has 8 heteroatoms. The molecule has 2 rings (SSSR count). The van der Waals surface area contributed by atoms with Crippen LogP contribution in [0, 0.1) is 10.1 Å². The van der Waals surface area contributed by atoms with Crippen molar-refractivity contribution in [3.8, 4) is 0 Å². The molecular formula is C14H22N4O2S2. The fourth-order valence-electron chi connectivity index (χ4n) is 2.25. The van der Waals surface area contributed by atoms with Gasteiger partial charge in [0.1, 0.15) is 0 Å². The molecule has 1 unspecified atom stereocenters. The van der Waals surface area contributed by atoms with Gasteiger partial charge in [0, 0.05) is 52.2 Å². The van der Waals surface area contributed by atoms with Gasteiger partial charge in [-0.1, -0.05) is 0 Å². The Labute approximate surface area is 139 Å². The first-order valence-corrected chi connectivity index (χ1v) is 9.25. The van der Waals surface area contributed by atoms with E-state index < -0.39 is 6.04 Å². The van der Waals surface area contributed by atoms with Crippen LogP contribution in [0.25, 0.3) is 0 Å². The smallest absolute Gasteiger partial charge is 0.270 e. The molecule has 22 heavy (non-hydrogen) atoms. The van der Waals surface area contributed by atoms with Gasteiger partial charge in [0.15, 0.2) is 5.84 Å². The van der Waals surface area contributed by atoms with E-state index in [0.29, 0.717) is 18.8 Å². The molecule has 122 valence electrons. The summed E-state index contributed by atoms with van der Waals surface area (Å²) in [5.74, 6) is 2.46. The second-order valence-corrected chi connectivity index (χ2v) is 7.80. The van der Waals surface area contributed by atoms with Gasteiger partial charge in [-0.25, -0.2) is 0 Å². The van der Waals surface area contributed by atoms with Crippen LogP contribution in [0.4, 0.5) is 0 Å². The highest BCUT2D eigenvalue weighted by Crippen LogP contribution is 2.22. The van der Waals surface area contributed by atoms with Crippen molar-refractivity contribution in [2.24, 2.45) is 4.99 Å². The van der Waals surface area contributed by atoms with Gasteiger partial charge in [0.2, 0.25) is 0 Å². The van der Waals surface area contributed by atoms with Crippen molar-refractivity contribution in [2.75, 3.05) is 32.9 Å². The first-order chi connectivity index (χ1) is 10.6. The van der Waals surface area contributed by atoms with E-state index in [0.717, 1.165) is 24.6 Å². The third-order valence-electron chi connectivity index (χ3n) is 3.24. The maximum atomic E-state index is 10.8. The molecule has 0 aromatic carbocycles. The summed E-state index contributed by atoms with van der Waals surface area (Å²) >= 11 is 3.69. The van der Waals surface area contributed by atoms with Crippen molar-refractivity contribution in [3.63, 3.8) is 0 Å². The van der Waals surface area contributed by atoms with Gasteiger partial charge < -0.3 is 10.2 Å². The average Bonchev–Trinajstić information content (AvgIpc) is 3.07. The zero-order valence-electron chi connectivity index (χ0n) is 12.9. The summed E-state index contributed by atoms with van der Waals surface area (Å²) in [4.78, 5) is 19.7. The molecule has 0 fully saturated rings. The Bertz CT molecular complexity index is 531. The van der Waals surface area contributed by atoms with Crippen LogP contribution in [0.1, 0.15) is 16.2 Å². The van der Waals surface area contributed by atoms with Gasteiger partial charge >= 0.3 is 0 Å². The number of thiophene rings is 1. The van der Waals surface area contributed by atoms with E-state index in [1.807, 2.05) is 23.1 Å². The summed E-state index contributed by atoms with van der Waals surface area (Å²) in [7, 11) is 4.15. The highest BCUT2D eigenvalue weighted by Gasteiger charge is 2.30. The Hall–Kier alpha value is -1.12. The summed E-state index contributed by atoms with van der Waals surface area (Å²) in [6.45, 7) is 2.27. The first kappa shape index (κ1) is 17.2. The van der Waals surface area contributed by atoms with Crippen molar-refractivity contribution in [3.05, 3.63) is 32.0 Å². The van der Waals surface area contributed by atoms with Crippen LogP contribution in [-0.2, 0) is 12.3 Å². The second-order valence-electron chi connectivity index (χ2n) is 5.44. The van der Waals surface area contributed by atoms with Gasteiger partial charge in [-0.05, 0) is 26.2 Å². The lowest BCUT2D eigenvalue weighted by atomic mass is 10.2. The molecule has 0 spiro atoms. The number of hydrogen-bond acceptors (Lipinski definition) is 7. The van der Waals surface area contributed by atoms with Crippen molar-refractivity contribution < 1.29 is 4.92 Å². The normalized spacial score (nSPS) is 17.8. The van der Waals surface area contributed by atoms with Crippen LogP contribution in [0.2, 0.25) is 0 Å². The molecule has 1 N–H and O–H groups in total. The Morgan fingerprint density at radius 2 is 2.27 bits per heavy atom. The third kappa shape index (κ3) is 5.26. The predicted octanol–water partition coefficient (Wildman–Crippen LogP) is 2.08. The number of nitrogens with zero attached hydrogens (tertiary/aromatic N) is 3. The molecule has 1 aliphatic rings. The molecule has 6 nitrogen and oxygen atoms in total. The number of thioether (sulfide) groups is 1. The highest BCUT2D eigenvalue weighted by atomic mass is 32.2. The van der Waals surface area contributed by atoms with E-state index in [4.69, 9.17) is 0 Å². The molecule has 0 bridgehead atoms. The molecule has 1 aromatic heterocycles. The zero-order valence-corrected chi connectivity index (χ0v) is 14.6. The largest absolute Gasteiger partial charge is 0.367 e. The van der Waals surface area contributed by atoms with E-state index in [9.17, 15) is 10.1 Å². The number of nitrogens with one attached hydrogen (secondary N) is 1. The fraction of sp³-hybridized carbons (Fsp3) is 0.643. The number of nitro groups is 1. The van der Waals surface area contributed by atoms with Crippen LogP contribution < -0.4 is 5.32 Å². The molecule has 0 amide bonds. The third-order valence-corrected chi connectivity index (χ3v) is 5.50. The van der Waals surface area contributed by atoms with Crippen molar-refractivity contribution >= 4 is 28.9 Å². The summed E-state index contributed by atoms with van der Waals surface area (Å²) in [5.41, 5.74) is 0. The maximum absolute atomic E-state index is 10.8. The molecule has 2 heterocycles. The lowest BCUT2D eigenvalue weighted by molar-refractivity contribution is -0.502. The summed E-state index contributed by atoms with van der Waals surface area (Å²) < 4.78 is 0. The van der Waals surface area contributed by atoms with E-state index in [2.05, 4.69) is 41.4 Å². The van der Waals surface area contributed by atoms with Gasteiger partial charge in [-0.2, -0.15) is 11.8 Å². The van der Waals surface area contributed by atoms with Crippen molar-refractivity contribution in [1.29, 1.82) is 0 Å². The Morgan fingerprint density at radius 1 is 1.50 bits per heavy atom. The molecule has 1 atom stereocenters. The van der Waals surface area contributed by atoms with E-state index in [1.165, 1.54) is 9.75 Å². The minimum absolute atomic E-state index is 0.246. The quantitative estimate of drug-likeness (QED) is 0.445. The Balaban J connectivity index is 1.63. The van der Waals surface area contributed by atoms with E-state index in [-0.39, 0.29) is 4.92 Å². The van der Waals surface area contributed by atoms with Crippen LogP contribution in [-0.4, -0.2) is 54.6 Å². The average molecular weight is 342 g/mol. The lowest BCUT2D eigenvalue weighted by Crippen LogP contribution is -2.37. The topological polar surface area (TPSA) is 70.8 Å². The van der Waals surface area contributed by atoms with Gasteiger partial charge in [0.05, 0.1) is 0 Å². The van der Waals surface area contributed by atoms with Crippen molar-refractivity contribution in [1.82, 2.24) is 10.2 Å². The van der Waals surface area contributed by atoms with E-state index >= 15 is 0 Å². The first-order valence-electron chi connectivity index (χ1n) is 7.28. The summed E-state index contributed by atoms with van der Waals surface area (Å²) in [6.07, 6.45) is 0.520. The maximum Gasteiger partial charge on any atom is 0.270 e. The number of amidine groups is 1. The van der Waals surface area contributed by atoms with Crippen LogP contribution in [0.3, 0.4) is 0 Å². The number of hydrogen-bond donors (Lipinski definition) is 1. The minimum atomic E-state index is -0.629. The SMILES string of the molecule is CN(C)Cc1ccc(CSCCNC2=NCCC2[N+](=O)[O-])s1. The molecule has 1 aliphatic heterocycles. The molecule has 1 aromatic rings. The van der Waals surface area contributed by atoms with Gasteiger partial charge in [0.25, 0.3) is 6.04 Å². The van der Waals surface area contributed by atoms with Gasteiger partial charge in [-0.15, -0.1) is 11.3 Å². The molecule has 0 aliphatic carbocycles. The number of aliphatic imine (C=N–C) groups is 1. The van der Waals surface area contributed by atoms with Crippen molar-refractivity contribution in [2.45, 2.75) is 24.8 Å².